The summed E-state index contributed by atoms with van der Waals surface area (Å²) in [5, 5.41) is 0. The lowest BCUT2D eigenvalue weighted by Crippen LogP contribution is -2.13. The first-order valence-corrected chi connectivity index (χ1v) is 9.11. The first-order chi connectivity index (χ1) is 10.4. The van der Waals surface area contributed by atoms with Gasteiger partial charge in [-0.2, -0.15) is 0 Å². The fourth-order valence-corrected chi connectivity index (χ4v) is 3.47. The SMILES string of the molecule is CCc1cc(S(=O)(=O)Nc2ccc(Br)c(C)c2)ccc1OC. The van der Waals surface area contributed by atoms with Crippen molar-refractivity contribution in [2.45, 2.75) is 25.2 Å². The van der Waals surface area contributed by atoms with E-state index >= 15 is 0 Å². The number of nitrogens with one attached hydrogen (secondary N) is 1. The number of halogens is 1. The van der Waals surface area contributed by atoms with Gasteiger partial charge in [0.15, 0.2) is 0 Å². The Bertz CT molecular complexity index is 788. The normalized spacial score (nSPS) is 11.3. The fraction of sp³-hybridized carbons (Fsp3) is 0.250. The highest BCUT2D eigenvalue weighted by atomic mass is 79.9. The summed E-state index contributed by atoms with van der Waals surface area (Å²) in [5.74, 6) is 0.695. The lowest BCUT2D eigenvalue weighted by Gasteiger charge is -2.12. The van der Waals surface area contributed by atoms with Crippen LogP contribution in [0.2, 0.25) is 0 Å². The third-order valence-electron chi connectivity index (χ3n) is 3.35. The minimum absolute atomic E-state index is 0.228. The van der Waals surface area contributed by atoms with Crippen molar-refractivity contribution in [3.63, 3.8) is 0 Å². The number of benzene rings is 2. The van der Waals surface area contributed by atoms with E-state index in [4.69, 9.17) is 4.74 Å². The molecule has 0 atom stereocenters. The Morgan fingerprint density at radius 2 is 1.91 bits per heavy atom. The number of ether oxygens (including phenoxy) is 1. The molecule has 0 saturated carbocycles. The summed E-state index contributed by atoms with van der Waals surface area (Å²) in [6.45, 7) is 3.87. The van der Waals surface area contributed by atoms with Gasteiger partial charge in [0.05, 0.1) is 12.0 Å². The van der Waals surface area contributed by atoms with Crippen molar-refractivity contribution in [3.05, 3.63) is 52.0 Å². The van der Waals surface area contributed by atoms with Crippen molar-refractivity contribution in [2.75, 3.05) is 11.8 Å². The molecular formula is C16H18BrNO3S. The predicted octanol–water partition coefficient (Wildman–Crippen LogP) is 4.13. The molecule has 4 nitrogen and oxygen atoms in total. The molecule has 2 aromatic rings. The van der Waals surface area contributed by atoms with Gasteiger partial charge in [-0.15, -0.1) is 0 Å². The standard InChI is InChI=1S/C16H18BrNO3S/c1-4-12-10-14(6-8-16(12)21-3)22(19,20)18-13-5-7-15(17)11(2)9-13/h5-10,18H,4H2,1-3H3. The maximum absolute atomic E-state index is 12.5. The number of sulfonamides is 1. The van der Waals surface area contributed by atoms with E-state index in [1.165, 1.54) is 0 Å². The molecule has 0 fully saturated rings. The Morgan fingerprint density at radius 3 is 2.50 bits per heavy atom. The van der Waals surface area contributed by atoms with Crippen LogP contribution in [0.4, 0.5) is 5.69 Å². The minimum atomic E-state index is -3.62. The first-order valence-electron chi connectivity index (χ1n) is 6.83. The monoisotopic (exact) mass is 383 g/mol. The molecule has 22 heavy (non-hydrogen) atoms. The van der Waals surface area contributed by atoms with Crippen molar-refractivity contribution >= 4 is 31.6 Å². The molecule has 0 unspecified atom stereocenters. The predicted molar refractivity (Wildman–Crippen MR) is 92.1 cm³/mol. The van der Waals surface area contributed by atoms with E-state index in [9.17, 15) is 8.42 Å². The molecule has 0 amide bonds. The van der Waals surface area contributed by atoms with Crippen LogP contribution in [0.3, 0.4) is 0 Å². The fourth-order valence-electron chi connectivity index (χ4n) is 2.12. The number of aryl methyl sites for hydroxylation is 2. The van der Waals surface area contributed by atoms with Gasteiger partial charge in [0, 0.05) is 10.2 Å². The molecule has 0 bridgehead atoms. The lowest BCUT2D eigenvalue weighted by molar-refractivity contribution is 0.409. The molecule has 6 heteroatoms. The highest BCUT2D eigenvalue weighted by molar-refractivity contribution is 9.10. The van der Waals surface area contributed by atoms with Gasteiger partial charge in [-0.1, -0.05) is 22.9 Å². The van der Waals surface area contributed by atoms with Crippen LogP contribution in [0.15, 0.2) is 45.8 Å². The summed E-state index contributed by atoms with van der Waals surface area (Å²) in [6, 6.07) is 10.2. The molecule has 2 rings (SSSR count). The van der Waals surface area contributed by atoms with Crippen molar-refractivity contribution in [1.82, 2.24) is 0 Å². The van der Waals surface area contributed by atoms with Gasteiger partial charge in [-0.05, 0) is 60.9 Å². The highest BCUT2D eigenvalue weighted by Crippen LogP contribution is 2.26. The summed E-state index contributed by atoms with van der Waals surface area (Å²) in [7, 11) is -2.05. The lowest BCUT2D eigenvalue weighted by atomic mass is 10.1. The summed E-state index contributed by atoms with van der Waals surface area (Å²) in [5.41, 5.74) is 2.36. The van der Waals surface area contributed by atoms with E-state index in [2.05, 4.69) is 20.7 Å². The zero-order chi connectivity index (χ0) is 16.3. The van der Waals surface area contributed by atoms with Gasteiger partial charge in [0.25, 0.3) is 10.0 Å². The zero-order valence-corrected chi connectivity index (χ0v) is 15.1. The van der Waals surface area contributed by atoms with Crippen LogP contribution in [-0.4, -0.2) is 15.5 Å². The maximum Gasteiger partial charge on any atom is 0.261 e. The molecule has 2 aromatic carbocycles. The molecule has 0 aliphatic carbocycles. The third kappa shape index (κ3) is 3.62. The molecule has 0 heterocycles. The van der Waals surface area contributed by atoms with E-state index in [0.717, 1.165) is 15.6 Å². The smallest absolute Gasteiger partial charge is 0.261 e. The molecule has 0 spiro atoms. The zero-order valence-electron chi connectivity index (χ0n) is 12.7. The second-order valence-electron chi connectivity index (χ2n) is 4.90. The van der Waals surface area contributed by atoms with Crippen molar-refractivity contribution in [3.8, 4) is 5.75 Å². The molecule has 0 aliphatic rings. The number of rotatable bonds is 5. The van der Waals surface area contributed by atoms with E-state index in [0.29, 0.717) is 17.9 Å². The van der Waals surface area contributed by atoms with Gasteiger partial charge in [-0.3, -0.25) is 4.72 Å². The third-order valence-corrected chi connectivity index (χ3v) is 5.62. The summed E-state index contributed by atoms with van der Waals surface area (Å²) in [6.07, 6.45) is 0.698. The van der Waals surface area contributed by atoms with E-state index < -0.39 is 10.0 Å². The van der Waals surface area contributed by atoms with Gasteiger partial charge in [0.1, 0.15) is 5.75 Å². The Morgan fingerprint density at radius 1 is 1.18 bits per heavy atom. The molecule has 0 aromatic heterocycles. The highest BCUT2D eigenvalue weighted by Gasteiger charge is 2.16. The van der Waals surface area contributed by atoms with Crippen LogP contribution in [0.1, 0.15) is 18.1 Å². The molecule has 1 N–H and O–H groups in total. The van der Waals surface area contributed by atoms with E-state index in [-0.39, 0.29) is 4.90 Å². The average Bonchev–Trinajstić information content (AvgIpc) is 2.50. The van der Waals surface area contributed by atoms with Crippen LogP contribution < -0.4 is 9.46 Å². The summed E-state index contributed by atoms with van der Waals surface area (Å²) in [4.78, 5) is 0.228. The Kier molecular flexibility index (Phi) is 5.13. The quantitative estimate of drug-likeness (QED) is 0.844. The molecule has 0 aliphatic heterocycles. The van der Waals surface area contributed by atoms with Crippen LogP contribution in [0, 0.1) is 6.92 Å². The van der Waals surface area contributed by atoms with Gasteiger partial charge >= 0.3 is 0 Å². The van der Waals surface area contributed by atoms with Crippen molar-refractivity contribution in [1.29, 1.82) is 0 Å². The molecular weight excluding hydrogens is 366 g/mol. The number of hydrogen-bond donors (Lipinski definition) is 1. The Labute approximate surface area is 139 Å². The first kappa shape index (κ1) is 16.8. The van der Waals surface area contributed by atoms with Crippen molar-refractivity contribution < 1.29 is 13.2 Å². The number of methoxy groups -OCH3 is 1. The van der Waals surface area contributed by atoms with Crippen LogP contribution >= 0.6 is 15.9 Å². The summed E-state index contributed by atoms with van der Waals surface area (Å²) < 4.78 is 33.8. The second kappa shape index (κ2) is 6.71. The average molecular weight is 384 g/mol. The molecule has 0 saturated heterocycles. The summed E-state index contributed by atoms with van der Waals surface area (Å²) >= 11 is 3.40. The molecule has 118 valence electrons. The van der Waals surface area contributed by atoms with E-state index in [1.807, 2.05) is 19.9 Å². The maximum atomic E-state index is 12.5. The van der Waals surface area contributed by atoms with Crippen LogP contribution in [0.5, 0.6) is 5.75 Å². The number of anilines is 1. The Balaban J connectivity index is 2.35. The number of hydrogen-bond acceptors (Lipinski definition) is 3. The Hall–Kier alpha value is -1.53. The largest absolute Gasteiger partial charge is 0.496 e. The topological polar surface area (TPSA) is 55.4 Å². The van der Waals surface area contributed by atoms with Gasteiger partial charge < -0.3 is 4.74 Å². The van der Waals surface area contributed by atoms with Gasteiger partial charge in [0.2, 0.25) is 0 Å². The van der Waals surface area contributed by atoms with Gasteiger partial charge in [-0.25, -0.2) is 8.42 Å². The van der Waals surface area contributed by atoms with Crippen LogP contribution in [-0.2, 0) is 16.4 Å². The minimum Gasteiger partial charge on any atom is -0.496 e. The molecule has 0 radical (unpaired) electrons. The second-order valence-corrected chi connectivity index (χ2v) is 7.43. The van der Waals surface area contributed by atoms with Crippen LogP contribution in [0.25, 0.3) is 0 Å². The van der Waals surface area contributed by atoms with Crippen molar-refractivity contribution in [2.24, 2.45) is 0 Å². The van der Waals surface area contributed by atoms with E-state index in [1.54, 1.807) is 37.4 Å².